The fourth-order valence-electron chi connectivity index (χ4n) is 5.00. The van der Waals surface area contributed by atoms with Crippen molar-refractivity contribution in [2.45, 2.75) is 17.9 Å². The number of piperazine rings is 1. The predicted molar refractivity (Wildman–Crippen MR) is 162 cm³/mol. The normalized spacial score (nSPS) is 14.6. The summed E-state index contributed by atoms with van der Waals surface area (Å²) in [5, 5.41) is 3.37. The Balaban J connectivity index is 1.19. The molecule has 5 rings (SSSR count). The van der Waals surface area contributed by atoms with E-state index in [0.717, 1.165) is 5.56 Å². The summed E-state index contributed by atoms with van der Waals surface area (Å²) >= 11 is 6.03. The molecule has 1 amide bonds. The lowest BCUT2D eigenvalue weighted by molar-refractivity contribution is -0.118. The number of sulfonamides is 1. The topological polar surface area (TPSA) is 78.9 Å². The second kappa shape index (κ2) is 12.9. The first kappa shape index (κ1) is 28.8. The third-order valence-corrected chi connectivity index (χ3v) is 9.48. The summed E-state index contributed by atoms with van der Waals surface area (Å²) in [5.74, 6) is 0.193. The molecule has 4 aromatic rings. The molecule has 1 saturated heterocycles. The van der Waals surface area contributed by atoms with Gasteiger partial charge in [-0.1, -0.05) is 72.3 Å². The first-order valence-corrected chi connectivity index (χ1v) is 15.3. The van der Waals surface area contributed by atoms with Crippen LogP contribution in [0.25, 0.3) is 0 Å². The fourth-order valence-corrected chi connectivity index (χ4v) is 6.54. The monoisotopic (exact) mass is 589 g/mol. The van der Waals surface area contributed by atoms with E-state index in [1.165, 1.54) is 27.6 Å². The van der Waals surface area contributed by atoms with Gasteiger partial charge in [0.1, 0.15) is 5.75 Å². The van der Waals surface area contributed by atoms with Crippen LogP contribution in [0, 0.1) is 6.92 Å². The van der Waals surface area contributed by atoms with Gasteiger partial charge in [-0.15, -0.1) is 0 Å². The SMILES string of the molecule is Cc1cc(OCC(=O)Nc2ccc(S(=O)(=O)N3CCN(C(c4ccccc4)c4ccccc4)CC3)cc2)ccc1Cl. The van der Waals surface area contributed by atoms with Gasteiger partial charge < -0.3 is 10.1 Å². The maximum Gasteiger partial charge on any atom is 0.262 e. The highest BCUT2D eigenvalue weighted by Gasteiger charge is 2.32. The smallest absolute Gasteiger partial charge is 0.262 e. The van der Waals surface area contributed by atoms with Crippen LogP contribution in [0.5, 0.6) is 5.75 Å². The number of hydrogen-bond donors (Lipinski definition) is 1. The highest BCUT2D eigenvalue weighted by molar-refractivity contribution is 7.89. The summed E-state index contributed by atoms with van der Waals surface area (Å²) in [6, 6.07) is 32.1. The molecule has 0 saturated carbocycles. The summed E-state index contributed by atoms with van der Waals surface area (Å²) < 4.78 is 33.9. The van der Waals surface area contributed by atoms with E-state index < -0.39 is 10.0 Å². The number of benzene rings is 4. The second-order valence-corrected chi connectivity index (χ2v) is 12.3. The molecule has 1 aliphatic heterocycles. The molecule has 1 fully saturated rings. The quantitative estimate of drug-likeness (QED) is 0.268. The number of anilines is 1. The van der Waals surface area contributed by atoms with Crippen molar-refractivity contribution in [2.75, 3.05) is 38.1 Å². The van der Waals surface area contributed by atoms with Crippen LogP contribution in [0.4, 0.5) is 5.69 Å². The molecular weight excluding hydrogens is 558 g/mol. The first-order valence-electron chi connectivity index (χ1n) is 13.4. The zero-order chi connectivity index (χ0) is 28.8. The third-order valence-electron chi connectivity index (χ3n) is 7.14. The van der Waals surface area contributed by atoms with Crippen LogP contribution < -0.4 is 10.1 Å². The van der Waals surface area contributed by atoms with Crippen molar-refractivity contribution in [3.8, 4) is 5.75 Å². The lowest BCUT2D eigenvalue weighted by atomic mass is 9.96. The van der Waals surface area contributed by atoms with Crippen molar-refractivity contribution in [2.24, 2.45) is 0 Å². The number of halogens is 1. The molecule has 0 aliphatic carbocycles. The largest absolute Gasteiger partial charge is 0.484 e. The van der Waals surface area contributed by atoms with E-state index in [9.17, 15) is 13.2 Å². The van der Waals surface area contributed by atoms with Crippen molar-refractivity contribution in [1.29, 1.82) is 0 Å². The van der Waals surface area contributed by atoms with Gasteiger partial charge in [-0.2, -0.15) is 4.31 Å². The molecular formula is C32H32ClN3O4S. The fraction of sp³-hybridized carbons (Fsp3) is 0.219. The Bertz CT molecular complexity index is 1540. The van der Waals surface area contributed by atoms with Gasteiger partial charge >= 0.3 is 0 Å². The molecule has 9 heteroatoms. The Kier molecular flexibility index (Phi) is 9.05. The van der Waals surface area contributed by atoms with Crippen LogP contribution in [-0.4, -0.2) is 56.3 Å². The van der Waals surface area contributed by atoms with E-state index in [1.807, 2.05) is 43.3 Å². The molecule has 0 bridgehead atoms. The van der Waals surface area contributed by atoms with Crippen molar-refractivity contribution < 1.29 is 17.9 Å². The average Bonchev–Trinajstić information content (AvgIpc) is 3.00. The first-order chi connectivity index (χ1) is 19.8. The highest BCUT2D eigenvalue weighted by atomic mass is 35.5. The molecule has 4 aromatic carbocycles. The standard InChI is InChI=1S/C32H32ClN3O4S/c1-24-22-28(14-17-30(24)33)40-23-31(37)34-27-12-15-29(16-13-27)41(38,39)36-20-18-35(19-21-36)32(25-8-4-2-5-9-25)26-10-6-3-7-11-26/h2-17,22,32H,18-21,23H2,1H3,(H,34,37). The van der Waals surface area contributed by atoms with E-state index in [4.69, 9.17) is 16.3 Å². The summed E-state index contributed by atoms with van der Waals surface area (Å²) in [6.07, 6.45) is 0. The minimum absolute atomic E-state index is 0.0536. The summed E-state index contributed by atoms with van der Waals surface area (Å²) in [4.78, 5) is 14.9. The molecule has 0 atom stereocenters. The van der Waals surface area contributed by atoms with E-state index in [0.29, 0.717) is 42.6 Å². The number of rotatable bonds is 9. The van der Waals surface area contributed by atoms with Crippen LogP contribution in [0.3, 0.4) is 0 Å². The highest BCUT2D eigenvalue weighted by Crippen LogP contribution is 2.30. The molecule has 1 heterocycles. The minimum atomic E-state index is -3.68. The molecule has 1 aliphatic rings. The number of ether oxygens (including phenoxy) is 1. The zero-order valence-corrected chi connectivity index (χ0v) is 24.3. The van der Waals surface area contributed by atoms with Gasteiger partial charge in [0, 0.05) is 36.9 Å². The van der Waals surface area contributed by atoms with Crippen LogP contribution in [-0.2, 0) is 14.8 Å². The van der Waals surface area contributed by atoms with Gasteiger partial charge in [0.2, 0.25) is 10.0 Å². The predicted octanol–water partition coefficient (Wildman–Crippen LogP) is 5.76. The summed E-state index contributed by atoms with van der Waals surface area (Å²) in [7, 11) is -3.68. The van der Waals surface area contributed by atoms with Gasteiger partial charge in [0.25, 0.3) is 5.91 Å². The number of hydrogen-bond acceptors (Lipinski definition) is 5. The lowest BCUT2D eigenvalue weighted by Gasteiger charge is -2.39. The Morgan fingerprint density at radius 1 is 0.854 bits per heavy atom. The third kappa shape index (κ3) is 6.97. The number of aryl methyl sites for hydroxylation is 1. The number of nitrogens with zero attached hydrogens (tertiary/aromatic N) is 2. The molecule has 1 N–H and O–H groups in total. The van der Waals surface area contributed by atoms with E-state index in [1.54, 1.807) is 30.3 Å². The zero-order valence-electron chi connectivity index (χ0n) is 22.7. The van der Waals surface area contributed by atoms with Crippen molar-refractivity contribution >= 4 is 33.2 Å². The second-order valence-electron chi connectivity index (χ2n) is 9.94. The van der Waals surface area contributed by atoms with Gasteiger partial charge in [0.05, 0.1) is 10.9 Å². The molecule has 0 radical (unpaired) electrons. The molecule has 0 unspecified atom stereocenters. The van der Waals surface area contributed by atoms with Gasteiger partial charge in [-0.05, 0) is 66.1 Å². The van der Waals surface area contributed by atoms with Crippen LogP contribution in [0.15, 0.2) is 108 Å². The lowest BCUT2D eigenvalue weighted by Crippen LogP contribution is -2.49. The van der Waals surface area contributed by atoms with Crippen molar-refractivity contribution in [3.05, 3.63) is 125 Å². The Labute approximate surface area is 246 Å². The Morgan fingerprint density at radius 2 is 1.44 bits per heavy atom. The van der Waals surface area contributed by atoms with Gasteiger partial charge in [-0.25, -0.2) is 8.42 Å². The molecule has 0 aromatic heterocycles. The summed E-state index contributed by atoms with van der Waals surface area (Å²) in [6.45, 7) is 3.66. The maximum atomic E-state index is 13.4. The summed E-state index contributed by atoms with van der Waals surface area (Å²) in [5.41, 5.74) is 3.71. The number of carbonyl (C=O) groups is 1. The van der Waals surface area contributed by atoms with E-state index in [2.05, 4.69) is 34.5 Å². The Hall–Kier alpha value is -3.69. The Morgan fingerprint density at radius 3 is 2.00 bits per heavy atom. The molecule has 41 heavy (non-hydrogen) atoms. The van der Waals surface area contributed by atoms with E-state index in [-0.39, 0.29) is 23.5 Å². The van der Waals surface area contributed by atoms with E-state index >= 15 is 0 Å². The number of amides is 1. The van der Waals surface area contributed by atoms with Crippen molar-refractivity contribution in [3.63, 3.8) is 0 Å². The molecule has 212 valence electrons. The van der Waals surface area contributed by atoms with Crippen LogP contribution in [0.1, 0.15) is 22.7 Å². The average molecular weight is 590 g/mol. The van der Waals surface area contributed by atoms with Crippen molar-refractivity contribution in [1.82, 2.24) is 9.21 Å². The molecule has 7 nitrogen and oxygen atoms in total. The minimum Gasteiger partial charge on any atom is -0.484 e. The van der Waals surface area contributed by atoms with Gasteiger partial charge in [-0.3, -0.25) is 9.69 Å². The van der Waals surface area contributed by atoms with Gasteiger partial charge in [0.15, 0.2) is 6.61 Å². The number of nitrogens with one attached hydrogen (secondary N) is 1. The maximum absolute atomic E-state index is 13.4. The number of carbonyl (C=O) groups excluding carboxylic acids is 1. The molecule has 0 spiro atoms. The van der Waals surface area contributed by atoms with Crippen LogP contribution >= 0.6 is 11.6 Å². The van der Waals surface area contributed by atoms with Crippen LogP contribution in [0.2, 0.25) is 5.02 Å².